The first-order chi connectivity index (χ1) is 8.24. The van der Waals surface area contributed by atoms with Crippen LogP contribution in [0.3, 0.4) is 0 Å². The van der Waals surface area contributed by atoms with Gasteiger partial charge in [0.1, 0.15) is 24.4 Å². The minimum atomic E-state index is -0.733. The van der Waals surface area contributed by atoms with Crippen molar-refractivity contribution in [2.75, 3.05) is 6.61 Å². The fraction of sp³-hybridized carbons (Fsp3) is 0.846. The second kappa shape index (κ2) is 4.58. The summed E-state index contributed by atoms with van der Waals surface area (Å²) in [5, 5.41) is 10.0. The molecule has 0 aromatic rings. The molecule has 0 bridgehead atoms. The largest absolute Gasteiger partial charge is 0.388 e. The average Bonchev–Trinajstić information content (AvgIpc) is 2.57. The van der Waals surface area contributed by atoms with Crippen LogP contribution in [-0.2, 0) is 18.9 Å². The molecule has 5 nitrogen and oxygen atoms in total. The van der Waals surface area contributed by atoms with E-state index in [0.29, 0.717) is 0 Å². The van der Waals surface area contributed by atoms with Crippen LogP contribution < -0.4 is 0 Å². The molecule has 0 aliphatic carbocycles. The Balaban J connectivity index is 2.16. The lowest BCUT2D eigenvalue weighted by Gasteiger charge is -2.41. The molecule has 2 heterocycles. The SMILES string of the molecule is C=CC1OC(C)(C)O[C@H]1[C@H]1OC(C)(C)OCC1O. The van der Waals surface area contributed by atoms with Crippen LogP contribution in [0.4, 0.5) is 0 Å². The van der Waals surface area contributed by atoms with E-state index in [9.17, 15) is 5.11 Å². The summed E-state index contributed by atoms with van der Waals surface area (Å²) in [5.41, 5.74) is 0. The van der Waals surface area contributed by atoms with Crippen molar-refractivity contribution in [2.45, 2.75) is 63.7 Å². The standard InChI is InChI=1S/C13H22O5/c1-6-9-11(18-13(4,5)16-9)10-8(14)7-15-12(2,3)17-10/h6,8-11,14H,1,7H2,2-5H3/t8?,9?,10-,11+/m0/s1. The molecule has 5 heteroatoms. The Morgan fingerprint density at radius 3 is 2.28 bits per heavy atom. The summed E-state index contributed by atoms with van der Waals surface area (Å²) >= 11 is 0. The summed E-state index contributed by atoms with van der Waals surface area (Å²) in [4.78, 5) is 0. The second-order valence-electron chi connectivity index (χ2n) is 5.66. The smallest absolute Gasteiger partial charge is 0.164 e. The van der Waals surface area contributed by atoms with Crippen molar-refractivity contribution < 1.29 is 24.1 Å². The number of aliphatic hydroxyl groups is 1. The van der Waals surface area contributed by atoms with Gasteiger partial charge in [-0.3, -0.25) is 0 Å². The molecule has 0 amide bonds. The maximum atomic E-state index is 10.0. The molecule has 0 spiro atoms. The first-order valence-electron chi connectivity index (χ1n) is 6.22. The van der Waals surface area contributed by atoms with Crippen molar-refractivity contribution in [1.82, 2.24) is 0 Å². The van der Waals surface area contributed by atoms with Gasteiger partial charge in [0.15, 0.2) is 11.6 Å². The fourth-order valence-corrected chi connectivity index (χ4v) is 2.36. The van der Waals surface area contributed by atoms with E-state index in [-0.39, 0.29) is 18.8 Å². The van der Waals surface area contributed by atoms with Crippen LogP contribution in [0.1, 0.15) is 27.7 Å². The van der Waals surface area contributed by atoms with E-state index in [0.717, 1.165) is 0 Å². The molecule has 2 aliphatic heterocycles. The molecule has 0 aromatic heterocycles. The molecule has 2 rings (SSSR count). The fourth-order valence-electron chi connectivity index (χ4n) is 2.36. The zero-order chi connectivity index (χ0) is 13.6. The number of hydrogen-bond donors (Lipinski definition) is 1. The van der Waals surface area contributed by atoms with Gasteiger partial charge in [-0.05, 0) is 27.7 Å². The van der Waals surface area contributed by atoms with Gasteiger partial charge in [-0.2, -0.15) is 0 Å². The van der Waals surface area contributed by atoms with Gasteiger partial charge in [-0.15, -0.1) is 6.58 Å². The van der Waals surface area contributed by atoms with Crippen molar-refractivity contribution in [3.8, 4) is 0 Å². The van der Waals surface area contributed by atoms with Gasteiger partial charge in [0.05, 0.1) is 6.61 Å². The molecular weight excluding hydrogens is 236 g/mol. The molecule has 0 saturated carbocycles. The Morgan fingerprint density at radius 2 is 1.67 bits per heavy atom. The number of ether oxygens (including phenoxy) is 4. The Bertz CT molecular complexity index is 325. The van der Waals surface area contributed by atoms with E-state index >= 15 is 0 Å². The molecule has 0 radical (unpaired) electrons. The molecule has 2 aliphatic rings. The molecule has 104 valence electrons. The van der Waals surface area contributed by atoms with Gasteiger partial charge in [-0.25, -0.2) is 0 Å². The Morgan fingerprint density at radius 1 is 1.06 bits per heavy atom. The maximum absolute atomic E-state index is 10.0. The third kappa shape index (κ3) is 2.75. The highest BCUT2D eigenvalue weighted by atomic mass is 16.8. The van der Waals surface area contributed by atoms with Crippen molar-refractivity contribution in [1.29, 1.82) is 0 Å². The Labute approximate surface area is 108 Å². The zero-order valence-corrected chi connectivity index (χ0v) is 11.4. The highest BCUT2D eigenvalue weighted by molar-refractivity contribution is 4.99. The zero-order valence-electron chi connectivity index (χ0n) is 11.4. The third-order valence-corrected chi connectivity index (χ3v) is 3.12. The van der Waals surface area contributed by atoms with Gasteiger partial charge < -0.3 is 24.1 Å². The highest BCUT2D eigenvalue weighted by Gasteiger charge is 2.50. The van der Waals surface area contributed by atoms with E-state index in [1.807, 2.05) is 27.7 Å². The topological polar surface area (TPSA) is 57.2 Å². The maximum Gasteiger partial charge on any atom is 0.164 e. The average molecular weight is 258 g/mol. The first kappa shape index (κ1) is 14.0. The molecule has 0 aromatic carbocycles. The highest BCUT2D eigenvalue weighted by Crippen LogP contribution is 2.35. The van der Waals surface area contributed by atoms with Crippen molar-refractivity contribution in [3.05, 3.63) is 12.7 Å². The van der Waals surface area contributed by atoms with Crippen molar-refractivity contribution in [3.63, 3.8) is 0 Å². The molecule has 18 heavy (non-hydrogen) atoms. The summed E-state index contributed by atoms with van der Waals surface area (Å²) < 4.78 is 22.7. The Kier molecular flexibility index (Phi) is 3.55. The first-order valence-corrected chi connectivity index (χ1v) is 6.22. The number of hydrogen-bond acceptors (Lipinski definition) is 5. The summed E-state index contributed by atoms with van der Waals surface area (Å²) in [5.74, 6) is -1.43. The van der Waals surface area contributed by atoms with E-state index in [1.165, 1.54) is 0 Å². The third-order valence-electron chi connectivity index (χ3n) is 3.12. The predicted octanol–water partition coefficient (Wildman–Crippen LogP) is 1.20. The Hall–Kier alpha value is -0.460. The summed E-state index contributed by atoms with van der Waals surface area (Å²) in [6.07, 6.45) is -0.219. The van der Waals surface area contributed by atoms with Crippen LogP contribution in [0, 0.1) is 0 Å². The summed E-state index contributed by atoms with van der Waals surface area (Å²) in [7, 11) is 0. The molecule has 4 atom stereocenters. The van der Waals surface area contributed by atoms with Crippen molar-refractivity contribution >= 4 is 0 Å². The minimum Gasteiger partial charge on any atom is -0.388 e. The van der Waals surface area contributed by atoms with E-state index in [1.54, 1.807) is 6.08 Å². The monoisotopic (exact) mass is 258 g/mol. The van der Waals surface area contributed by atoms with Crippen LogP contribution >= 0.6 is 0 Å². The van der Waals surface area contributed by atoms with E-state index in [4.69, 9.17) is 18.9 Å². The van der Waals surface area contributed by atoms with E-state index < -0.39 is 23.8 Å². The molecule has 1 N–H and O–H groups in total. The molecule has 2 unspecified atom stereocenters. The van der Waals surface area contributed by atoms with Crippen molar-refractivity contribution in [2.24, 2.45) is 0 Å². The summed E-state index contributed by atoms with van der Waals surface area (Å²) in [6.45, 7) is 11.3. The normalized spacial score (nSPS) is 42.7. The lowest BCUT2D eigenvalue weighted by Crippen LogP contribution is -2.55. The number of rotatable bonds is 2. The quantitative estimate of drug-likeness (QED) is 0.754. The lowest BCUT2D eigenvalue weighted by atomic mass is 10.0. The van der Waals surface area contributed by atoms with Gasteiger partial charge in [0, 0.05) is 0 Å². The second-order valence-corrected chi connectivity index (χ2v) is 5.66. The van der Waals surface area contributed by atoms with E-state index in [2.05, 4.69) is 6.58 Å². The van der Waals surface area contributed by atoms with Crippen LogP contribution in [0.2, 0.25) is 0 Å². The van der Waals surface area contributed by atoms with Gasteiger partial charge in [-0.1, -0.05) is 6.08 Å². The predicted molar refractivity (Wildman–Crippen MR) is 64.9 cm³/mol. The molecular formula is C13H22O5. The molecule has 2 saturated heterocycles. The van der Waals surface area contributed by atoms with Crippen LogP contribution in [-0.4, -0.2) is 47.7 Å². The van der Waals surface area contributed by atoms with Gasteiger partial charge in [0.2, 0.25) is 0 Å². The van der Waals surface area contributed by atoms with Crippen LogP contribution in [0.25, 0.3) is 0 Å². The van der Waals surface area contributed by atoms with Crippen LogP contribution in [0.5, 0.6) is 0 Å². The van der Waals surface area contributed by atoms with Gasteiger partial charge in [0.25, 0.3) is 0 Å². The lowest BCUT2D eigenvalue weighted by molar-refractivity contribution is -0.322. The number of aliphatic hydroxyl groups excluding tert-OH is 1. The van der Waals surface area contributed by atoms with Gasteiger partial charge >= 0.3 is 0 Å². The molecule has 2 fully saturated rings. The minimum absolute atomic E-state index is 0.224. The summed E-state index contributed by atoms with van der Waals surface area (Å²) in [6, 6.07) is 0. The van der Waals surface area contributed by atoms with Crippen LogP contribution in [0.15, 0.2) is 12.7 Å².